The number of anilines is 1. The summed E-state index contributed by atoms with van der Waals surface area (Å²) in [5.41, 5.74) is 8.51. The molecule has 2 heterocycles. The van der Waals surface area contributed by atoms with Crippen molar-refractivity contribution in [3.8, 4) is 11.8 Å². The van der Waals surface area contributed by atoms with Crippen LogP contribution in [-0.2, 0) is 26.0 Å². The molecule has 2 N–H and O–H groups in total. The predicted molar refractivity (Wildman–Crippen MR) is 140 cm³/mol. The Labute approximate surface area is 220 Å². The van der Waals surface area contributed by atoms with Crippen LogP contribution in [0.25, 0.3) is 5.76 Å². The lowest BCUT2D eigenvalue weighted by Crippen LogP contribution is -2.39. The van der Waals surface area contributed by atoms with E-state index >= 15 is 0 Å². The summed E-state index contributed by atoms with van der Waals surface area (Å²) in [5.74, 6) is -1.11. The van der Waals surface area contributed by atoms with Crippen molar-refractivity contribution >= 4 is 27.4 Å². The fourth-order valence-electron chi connectivity index (χ4n) is 4.68. The van der Waals surface area contributed by atoms with Gasteiger partial charge in [0.1, 0.15) is 22.3 Å². The number of hydrogen-bond donors (Lipinski definition) is 1. The number of methoxy groups -OCH3 is 2. The first-order chi connectivity index (χ1) is 18.3. The van der Waals surface area contributed by atoms with E-state index in [0.717, 1.165) is 0 Å². The summed E-state index contributed by atoms with van der Waals surface area (Å²) in [6, 6.07) is 22.3. The molecular formula is C28H23N3O6S. The summed E-state index contributed by atoms with van der Waals surface area (Å²) in [6.07, 6.45) is 0. The zero-order valence-corrected chi connectivity index (χ0v) is 21.4. The molecule has 10 heteroatoms. The van der Waals surface area contributed by atoms with E-state index in [2.05, 4.69) is 0 Å². The number of ether oxygens (including phenoxy) is 3. The lowest BCUT2D eigenvalue weighted by atomic mass is 9.88. The average molecular weight is 530 g/mol. The number of esters is 1. The van der Waals surface area contributed by atoms with Crippen LogP contribution in [0.3, 0.4) is 0 Å². The topological polar surface area (TPSA) is 132 Å². The molecule has 1 atom stereocenters. The van der Waals surface area contributed by atoms with Gasteiger partial charge in [-0.1, -0.05) is 36.4 Å². The number of carbonyl (C=O) groups excluding carboxylic acids is 1. The molecule has 0 aliphatic carbocycles. The van der Waals surface area contributed by atoms with Crippen LogP contribution in [-0.4, -0.2) is 28.6 Å². The molecule has 2 aliphatic rings. The number of nitriles is 1. The number of benzene rings is 3. The van der Waals surface area contributed by atoms with E-state index in [9.17, 15) is 18.5 Å². The minimum atomic E-state index is -4.24. The van der Waals surface area contributed by atoms with E-state index in [1.165, 1.54) is 23.5 Å². The van der Waals surface area contributed by atoms with Gasteiger partial charge in [0.2, 0.25) is 5.88 Å². The second kappa shape index (κ2) is 9.61. The van der Waals surface area contributed by atoms with Crippen LogP contribution in [0.4, 0.5) is 5.69 Å². The lowest BCUT2D eigenvalue weighted by molar-refractivity contribution is 0.0600. The highest BCUT2D eigenvalue weighted by Crippen LogP contribution is 2.51. The number of nitrogens with two attached hydrogens (primary N) is 1. The minimum Gasteiger partial charge on any atom is -0.497 e. The van der Waals surface area contributed by atoms with Crippen LogP contribution in [0, 0.1) is 11.3 Å². The molecule has 0 fully saturated rings. The third-order valence-electron chi connectivity index (χ3n) is 6.48. The van der Waals surface area contributed by atoms with Crippen LogP contribution >= 0.6 is 0 Å². The van der Waals surface area contributed by atoms with Crippen LogP contribution in [0.2, 0.25) is 0 Å². The van der Waals surface area contributed by atoms with Crippen molar-refractivity contribution in [2.75, 3.05) is 18.5 Å². The molecule has 9 nitrogen and oxygen atoms in total. The molecule has 0 saturated heterocycles. The lowest BCUT2D eigenvalue weighted by Gasteiger charge is -2.38. The second-order valence-corrected chi connectivity index (χ2v) is 10.4. The molecule has 3 aromatic rings. The van der Waals surface area contributed by atoms with Crippen molar-refractivity contribution in [2.24, 2.45) is 5.73 Å². The highest BCUT2D eigenvalue weighted by Gasteiger charge is 2.47. The van der Waals surface area contributed by atoms with Crippen molar-refractivity contribution in [3.63, 3.8) is 0 Å². The van der Waals surface area contributed by atoms with Gasteiger partial charge in [-0.15, -0.1) is 0 Å². The molecule has 0 aromatic heterocycles. The molecule has 38 heavy (non-hydrogen) atoms. The van der Waals surface area contributed by atoms with E-state index in [0.29, 0.717) is 28.1 Å². The monoisotopic (exact) mass is 529 g/mol. The molecule has 5 rings (SSSR count). The normalized spacial score (nSPS) is 17.6. The third kappa shape index (κ3) is 4.03. The number of carbonyl (C=O) groups is 1. The fraction of sp³-hybridized carbons (Fsp3) is 0.143. The van der Waals surface area contributed by atoms with Crippen molar-refractivity contribution in [3.05, 3.63) is 111 Å². The van der Waals surface area contributed by atoms with Gasteiger partial charge in [-0.3, -0.25) is 4.31 Å². The standard InChI is InChI=1S/C28H23N3O6S/c1-35-20-7-5-6-17(14-20)16-31-23-9-4-3-8-21(23)25-26(38(31,33)34)24(22(15-29)27(30)37-25)18-10-12-19(13-11-18)28(32)36-2/h3-14,24H,16,30H2,1-2H3/t24-/m0/s1. The zero-order valence-electron chi connectivity index (χ0n) is 20.5. The van der Waals surface area contributed by atoms with E-state index in [-0.39, 0.29) is 34.2 Å². The van der Waals surface area contributed by atoms with E-state index in [1.54, 1.807) is 61.7 Å². The first-order valence-corrected chi connectivity index (χ1v) is 13.0. The zero-order chi connectivity index (χ0) is 27.0. The number of allylic oxidation sites excluding steroid dienone is 2. The maximum atomic E-state index is 14.4. The number of rotatable bonds is 5. The Balaban J connectivity index is 1.71. The Hall–Kier alpha value is -4.75. The number of nitrogens with zero attached hydrogens (tertiary/aromatic N) is 2. The molecule has 192 valence electrons. The van der Waals surface area contributed by atoms with E-state index in [1.807, 2.05) is 12.1 Å². The number of fused-ring (bicyclic) bond motifs is 2. The van der Waals surface area contributed by atoms with Crippen LogP contribution in [0.1, 0.15) is 33.0 Å². The average Bonchev–Trinajstić information content (AvgIpc) is 2.94. The minimum absolute atomic E-state index is 0.0163. The van der Waals surface area contributed by atoms with Gasteiger partial charge in [-0.25, -0.2) is 13.2 Å². The summed E-state index contributed by atoms with van der Waals surface area (Å²) in [5, 5.41) is 10.0. The fourth-order valence-corrected chi connectivity index (χ4v) is 6.59. The molecule has 0 spiro atoms. The maximum Gasteiger partial charge on any atom is 0.337 e. The number of sulfonamides is 1. The third-order valence-corrected chi connectivity index (χ3v) is 8.37. The summed E-state index contributed by atoms with van der Waals surface area (Å²) in [4.78, 5) is 11.9. The molecule has 0 saturated carbocycles. The van der Waals surface area contributed by atoms with Crippen LogP contribution < -0.4 is 14.8 Å². The molecule has 3 aromatic carbocycles. The van der Waals surface area contributed by atoms with E-state index < -0.39 is 21.9 Å². The Morgan fingerprint density at radius 3 is 2.50 bits per heavy atom. The van der Waals surface area contributed by atoms with Gasteiger partial charge in [-0.05, 0) is 47.5 Å². The van der Waals surface area contributed by atoms with Crippen molar-refractivity contribution in [1.82, 2.24) is 0 Å². The molecular weight excluding hydrogens is 506 g/mol. The second-order valence-electron chi connectivity index (χ2n) is 8.61. The van der Waals surface area contributed by atoms with Gasteiger partial charge in [0, 0.05) is 5.56 Å². The first kappa shape index (κ1) is 24.9. The number of para-hydroxylation sites is 1. The van der Waals surface area contributed by atoms with Crippen molar-refractivity contribution in [1.29, 1.82) is 5.26 Å². The van der Waals surface area contributed by atoms with Gasteiger partial charge >= 0.3 is 5.97 Å². The van der Waals surface area contributed by atoms with Gasteiger partial charge < -0.3 is 19.9 Å². The highest BCUT2D eigenvalue weighted by molar-refractivity contribution is 7.96. The van der Waals surface area contributed by atoms with Crippen LogP contribution in [0.15, 0.2) is 89.2 Å². The Morgan fingerprint density at radius 1 is 1.08 bits per heavy atom. The van der Waals surface area contributed by atoms with Crippen LogP contribution in [0.5, 0.6) is 5.75 Å². The van der Waals surface area contributed by atoms with Gasteiger partial charge in [0.05, 0.1) is 37.9 Å². The smallest absolute Gasteiger partial charge is 0.337 e. The van der Waals surface area contributed by atoms with E-state index in [4.69, 9.17) is 19.9 Å². The Morgan fingerprint density at radius 2 is 1.82 bits per heavy atom. The van der Waals surface area contributed by atoms with Crippen molar-refractivity contribution < 1.29 is 27.4 Å². The summed E-state index contributed by atoms with van der Waals surface area (Å²) in [6.45, 7) is 0.0163. The van der Waals surface area contributed by atoms with Gasteiger partial charge in [0.15, 0.2) is 5.76 Å². The quantitative estimate of drug-likeness (QED) is 0.491. The largest absolute Gasteiger partial charge is 0.497 e. The summed E-state index contributed by atoms with van der Waals surface area (Å²) >= 11 is 0. The summed E-state index contributed by atoms with van der Waals surface area (Å²) < 4.78 is 45.9. The maximum absolute atomic E-state index is 14.4. The molecule has 0 amide bonds. The molecule has 0 radical (unpaired) electrons. The molecule has 0 bridgehead atoms. The van der Waals surface area contributed by atoms with Gasteiger partial charge in [0.25, 0.3) is 10.0 Å². The van der Waals surface area contributed by atoms with Crippen molar-refractivity contribution in [2.45, 2.75) is 12.5 Å². The Bertz CT molecular complexity index is 1650. The molecule has 2 aliphatic heterocycles. The SMILES string of the molecule is COC(=O)c1ccc([C@H]2C(C#N)=C(N)OC3=C2S(=O)(=O)N(Cc2cccc(OC)c2)c2ccccc23)cc1. The summed E-state index contributed by atoms with van der Waals surface area (Å²) in [7, 11) is -1.43. The number of hydrogen-bond acceptors (Lipinski definition) is 8. The first-order valence-electron chi connectivity index (χ1n) is 11.5. The predicted octanol–water partition coefficient (Wildman–Crippen LogP) is 4.01. The molecule has 0 unspecified atom stereocenters. The highest BCUT2D eigenvalue weighted by atomic mass is 32.2. The Kier molecular flexibility index (Phi) is 6.30. The van der Waals surface area contributed by atoms with Gasteiger partial charge in [-0.2, -0.15) is 5.26 Å².